The van der Waals surface area contributed by atoms with E-state index in [1.165, 1.54) is 27.1 Å². The number of ether oxygens (including phenoxy) is 1. The third-order valence-corrected chi connectivity index (χ3v) is 4.08. The van der Waals surface area contributed by atoms with Crippen molar-refractivity contribution in [3.05, 3.63) is 60.2 Å². The van der Waals surface area contributed by atoms with E-state index in [0.717, 1.165) is 19.8 Å². The first-order valence-corrected chi connectivity index (χ1v) is 7.15. The lowest BCUT2D eigenvalue weighted by Gasteiger charge is -2.26. The Hall–Kier alpha value is -1.90. The topological polar surface area (TPSA) is 21.3 Å². The van der Waals surface area contributed by atoms with E-state index in [1.807, 2.05) is 0 Å². The SMILES string of the molecule is c1ccc2c([C@@H]3COCCN3)c3ccccc3cc2c1. The van der Waals surface area contributed by atoms with Crippen molar-refractivity contribution in [2.75, 3.05) is 19.8 Å². The van der Waals surface area contributed by atoms with Crippen LogP contribution in [-0.2, 0) is 4.74 Å². The highest BCUT2D eigenvalue weighted by atomic mass is 16.5. The Kier molecular flexibility index (Phi) is 2.91. The second kappa shape index (κ2) is 4.89. The van der Waals surface area contributed by atoms with Crippen LogP contribution >= 0.6 is 0 Å². The van der Waals surface area contributed by atoms with Gasteiger partial charge in [-0.3, -0.25) is 0 Å². The van der Waals surface area contributed by atoms with Crippen LogP contribution in [0.3, 0.4) is 0 Å². The molecule has 1 atom stereocenters. The van der Waals surface area contributed by atoms with Gasteiger partial charge in [0.25, 0.3) is 0 Å². The van der Waals surface area contributed by atoms with Crippen molar-refractivity contribution in [1.82, 2.24) is 5.32 Å². The number of nitrogens with one attached hydrogen (secondary N) is 1. The Labute approximate surface area is 118 Å². The van der Waals surface area contributed by atoms with Crippen LogP contribution in [0.4, 0.5) is 0 Å². The molecule has 0 spiro atoms. The Bertz CT molecular complexity index is 706. The van der Waals surface area contributed by atoms with Gasteiger partial charge in [0.2, 0.25) is 0 Å². The van der Waals surface area contributed by atoms with E-state index in [4.69, 9.17) is 4.74 Å². The van der Waals surface area contributed by atoms with Crippen LogP contribution in [-0.4, -0.2) is 19.8 Å². The Balaban J connectivity index is 2.06. The van der Waals surface area contributed by atoms with Crippen LogP contribution in [0.15, 0.2) is 54.6 Å². The number of rotatable bonds is 1. The molecule has 3 aromatic rings. The maximum atomic E-state index is 5.67. The number of benzene rings is 3. The molecule has 0 amide bonds. The number of hydrogen-bond acceptors (Lipinski definition) is 2. The molecule has 0 aromatic heterocycles. The lowest BCUT2D eigenvalue weighted by Crippen LogP contribution is -2.34. The van der Waals surface area contributed by atoms with Crippen molar-refractivity contribution in [2.24, 2.45) is 0 Å². The van der Waals surface area contributed by atoms with Gasteiger partial charge in [-0.1, -0.05) is 48.5 Å². The summed E-state index contributed by atoms with van der Waals surface area (Å²) in [6.45, 7) is 2.47. The van der Waals surface area contributed by atoms with Crippen LogP contribution in [0, 0.1) is 0 Å². The summed E-state index contributed by atoms with van der Waals surface area (Å²) in [5.41, 5.74) is 1.37. The molecule has 0 radical (unpaired) electrons. The van der Waals surface area contributed by atoms with Gasteiger partial charge in [0.05, 0.1) is 19.3 Å². The summed E-state index contributed by atoms with van der Waals surface area (Å²) in [7, 11) is 0. The van der Waals surface area contributed by atoms with E-state index in [1.54, 1.807) is 0 Å². The summed E-state index contributed by atoms with van der Waals surface area (Å²) >= 11 is 0. The molecule has 0 aliphatic carbocycles. The first kappa shape index (κ1) is 11.9. The van der Waals surface area contributed by atoms with Gasteiger partial charge in [0, 0.05) is 6.54 Å². The summed E-state index contributed by atoms with van der Waals surface area (Å²) in [6, 6.07) is 19.8. The minimum absolute atomic E-state index is 0.278. The average molecular weight is 263 g/mol. The van der Waals surface area contributed by atoms with Gasteiger partial charge in [-0.2, -0.15) is 0 Å². The number of fused-ring (bicyclic) bond motifs is 2. The molecule has 2 nitrogen and oxygen atoms in total. The molecular weight excluding hydrogens is 246 g/mol. The summed E-state index contributed by atoms with van der Waals surface area (Å²) in [6.07, 6.45) is 0. The van der Waals surface area contributed by atoms with Crippen LogP contribution < -0.4 is 5.32 Å². The van der Waals surface area contributed by atoms with Crippen molar-refractivity contribution < 1.29 is 4.74 Å². The van der Waals surface area contributed by atoms with Crippen molar-refractivity contribution >= 4 is 21.5 Å². The highest BCUT2D eigenvalue weighted by Crippen LogP contribution is 2.33. The molecule has 1 heterocycles. The molecule has 2 heteroatoms. The third kappa shape index (κ3) is 1.89. The maximum Gasteiger partial charge on any atom is 0.0662 e. The molecule has 1 fully saturated rings. The van der Waals surface area contributed by atoms with Crippen LogP contribution in [0.2, 0.25) is 0 Å². The lowest BCUT2D eigenvalue weighted by molar-refractivity contribution is 0.0777. The van der Waals surface area contributed by atoms with Gasteiger partial charge in [-0.05, 0) is 33.2 Å². The minimum Gasteiger partial charge on any atom is -0.378 e. The molecule has 4 rings (SSSR count). The zero-order valence-corrected chi connectivity index (χ0v) is 11.3. The van der Waals surface area contributed by atoms with Gasteiger partial charge in [-0.25, -0.2) is 0 Å². The first-order chi connectivity index (χ1) is 9.93. The third-order valence-electron chi connectivity index (χ3n) is 4.08. The summed E-state index contributed by atoms with van der Waals surface area (Å²) in [5.74, 6) is 0. The standard InChI is InChI=1S/C18H17NO/c1-3-7-15-13(5-1)11-14-6-2-4-8-16(14)18(15)17-12-20-10-9-19-17/h1-8,11,17,19H,9-10,12H2/t17-/m0/s1. The molecule has 20 heavy (non-hydrogen) atoms. The van der Waals surface area contributed by atoms with E-state index >= 15 is 0 Å². The fraction of sp³-hybridized carbons (Fsp3) is 0.222. The van der Waals surface area contributed by atoms with Crippen LogP contribution in [0.1, 0.15) is 11.6 Å². The van der Waals surface area contributed by atoms with Gasteiger partial charge in [0.15, 0.2) is 0 Å². The molecule has 0 unspecified atom stereocenters. The van der Waals surface area contributed by atoms with E-state index in [-0.39, 0.29) is 6.04 Å². The zero-order chi connectivity index (χ0) is 13.4. The zero-order valence-electron chi connectivity index (χ0n) is 11.3. The van der Waals surface area contributed by atoms with Gasteiger partial charge < -0.3 is 10.1 Å². The van der Waals surface area contributed by atoms with Crippen molar-refractivity contribution in [3.8, 4) is 0 Å². The van der Waals surface area contributed by atoms with E-state index in [0.29, 0.717) is 0 Å². The Morgan fingerprint density at radius 1 is 0.900 bits per heavy atom. The fourth-order valence-electron chi connectivity index (χ4n) is 3.18. The van der Waals surface area contributed by atoms with Gasteiger partial charge in [0.1, 0.15) is 0 Å². The largest absolute Gasteiger partial charge is 0.378 e. The molecule has 100 valence electrons. The van der Waals surface area contributed by atoms with Crippen molar-refractivity contribution in [3.63, 3.8) is 0 Å². The number of morpholine rings is 1. The highest BCUT2D eigenvalue weighted by Gasteiger charge is 2.20. The van der Waals surface area contributed by atoms with Crippen molar-refractivity contribution in [2.45, 2.75) is 6.04 Å². The summed E-state index contributed by atoms with van der Waals surface area (Å²) in [4.78, 5) is 0. The Morgan fingerprint density at radius 3 is 2.15 bits per heavy atom. The lowest BCUT2D eigenvalue weighted by atomic mass is 9.92. The molecule has 1 N–H and O–H groups in total. The second-order valence-electron chi connectivity index (χ2n) is 5.31. The molecule has 0 bridgehead atoms. The fourth-order valence-corrected chi connectivity index (χ4v) is 3.18. The normalized spacial score (nSPS) is 19.5. The average Bonchev–Trinajstić information content (AvgIpc) is 2.53. The van der Waals surface area contributed by atoms with Crippen LogP contribution in [0.25, 0.3) is 21.5 Å². The molecule has 3 aromatic carbocycles. The summed E-state index contributed by atoms with van der Waals surface area (Å²) < 4.78 is 5.67. The minimum atomic E-state index is 0.278. The van der Waals surface area contributed by atoms with Crippen molar-refractivity contribution in [1.29, 1.82) is 0 Å². The molecule has 1 aliphatic heterocycles. The van der Waals surface area contributed by atoms with Crippen LogP contribution in [0.5, 0.6) is 0 Å². The van der Waals surface area contributed by atoms with E-state index in [2.05, 4.69) is 59.9 Å². The second-order valence-corrected chi connectivity index (χ2v) is 5.31. The van der Waals surface area contributed by atoms with E-state index < -0.39 is 0 Å². The molecular formula is C18H17NO. The Morgan fingerprint density at radius 2 is 1.55 bits per heavy atom. The quantitative estimate of drug-likeness (QED) is 0.677. The van der Waals surface area contributed by atoms with E-state index in [9.17, 15) is 0 Å². The monoisotopic (exact) mass is 263 g/mol. The summed E-state index contributed by atoms with van der Waals surface area (Å²) in [5, 5.41) is 8.85. The van der Waals surface area contributed by atoms with Gasteiger partial charge >= 0.3 is 0 Å². The maximum absolute atomic E-state index is 5.67. The molecule has 0 saturated carbocycles. The molecule has 1 aliphatic rings. The van der Waals surface area contributed by atoms with Gasteiger partial charge in [-0.15, -0.1) is 0 Å². The predicted octanol–water partition coefficient (Wildman–Crippen LogP) is 3.65. The number of hydrogen-bond donors (Lipinski definition) is 1. The first-order valence-electron chi connectivity index (χ1n) is 7.15. The molecule has 1 saturated heterocycles. The highest BCUT2D eigenvalue weighted by molar-refractivity contribution is 6.02. The smallest absolute Gasteiger partial charge is 0.0662 e. The predicted molar refractivity (Wildman–Crippen MR) is 83.0 cm³/mol.